The Labute approximate surface area is 217 Å². The molecule has 4 atom stereocenters. The number of carbonyl (C=O) groups excluding carboxylic acids is 1. The molecule has 0 saturated heterocycles. The molecule has 0 fully saturated rings. The number of fused-ring (bicyclic) bond motifs is 1. The predicted molar refractivity (Wildman–Crippen MR) is 142 cm³/mol. The van der Waals surface area contributed by atoms with Crippen LogP contribution in [-0.4, -0.2) is 49.8 Å². The third-order valence-corrected chi connectivity index (χ3v) is 8.24. The molecule has 1 aliphatic rings. The molecule has 0 aliphatic heterocycles. The van der Waals surface area contributed by atoms with Crippen LogP contribution in [0.1, 0.15) is 29.0 Å². The van der Waals surface area contributed by atoms with Gasteiger partial charge in [-0.15, -0.1) is 0 Å². The number of benzene rings is 3. The van der Waals surface area contributed by atoms with Gasteiger partial charge in [-0.05, 0) is 60.2 Å². The van der Waals surface area contributed by atoms with E-state index in [0.717, 1.165) is 16.7 Å². The van der Waals surface area contributed by atoms with E-state index in [-0.39, 0.29) is 36.2 Å². The Morgan fingerprint density at radius 1 is 1.00 bits per heavy atom. The predicted octanol–water partition coefficient (Wildman–Crippen LogP) is 1.97. The molecular weight excluding hydrogens is 490 g/mol. The van der Waals surface area contributed by atoms with Crippen LogP contribution in [0.4, 0.5) is 5.69 Å². The maximum Gasteiger partial charge on any atom is 0.240 e. The first-order chi connectivity index (χ1) is 17.7. The van der Waals surface area contributed by atoms with Crippen molar-refractivity contribution in [1.29, 1.82) is 0 Å². The van der Waals surface area contributed by atoms with Crippen LogP contribution in [0.15, 0.2) is 83.8 Å². The normalized spacial score (nSPS) is 18.6. The number of nitrogen functional groups attached to an aromatic ring is 1. The van der Waals surface area contributed by atoms with Crippen LogP contribution in [0.2, 0.25) is 0 Å². The zero-order valence-electron chi connectivity index (χ0n) is 20.5. The Hall–Kier alpha value is -3.24. The van der Waals surface area contributed by atoms with Gasteiger partial charge >= 0.3 is 0 Å². The van der Waals surface area contributed by atoms with Gasteiger partial charge in [-0.25, -0.2) is 13.1 Å². The highest BCUT2D eigenvalue weighted by molar-refractivity contribution is 7.89. The smallest absolute Gasteiger partial charge is 0.240 e. The van der Waals surface area contributed by atoms with Crippen molar-refractivity contribution in [3.8, 4) is 0 Å². The molecule has 196 valence electrons. The molecule has 0 saturated carbocycles. The Morgan fingerprint density at radius 2 is 1.68 bits per heavy atom. The highest BCUT2D eigenvalue weighted by Gasteiger charge is 2.32. The van der Waals surface area contributed by atoms with Gasteiger partial charge in [0.25, 0.3) is 0 Å². The highest BCUT2D eigenvalue weighted by Crippen LogP contribution is 2.32. The van der Waals surface area contributed by atoms with Gasteiger partial charge in [0.05, 0.1) is 17.1 Å². The number of amides is 1. The van der Waals surface area contributed by atoms with Gasteiger partial charge in [0.2, 0.25) is 15.9 Å². The van der Waals surface area contributed by atoms with Crippen LogP contribution in [0.25, 0.3) is 0 Å². The van der Waals surface area contributed by atoms with Crippen molar-refractivity contribution in [2.24, 2.45) is 5.92 Å². The molecule has 4 rings (SSSR count). The summed E-state index contributed by atoms with van der Waals surface area (Å²) in [7, 11) is -3.84. The van der Waals surface area contributed by atoms with Gasteiger partial charge in [-0.3, -0.25) is 4.79 Å². The molecule has 0 unspecified atom stereocenters. The fourth-order valence-corrected chi connectivity index (χ4v) is 5.86. The van der Waals surface area contributed by atoms with Crippen molar-refractivity contribution < 1.29 is 23.4 Å². The van der Waals surface area contributed by atoms with E-state index in [1.807, 2.05) is 54.6 Å². The Morgan fingerprint density at radius 3 is 2.41 bits per heavy atom. The fourth-order valence-electron chi connectivity index (χ4n) is 4.79. The van der Waals surface area contributed by atoms with Gasteiger partial charge in [0.15, 0.2) is 0 Å². The first-order valence-corrected chi connectivity index (χ1v) is 13.8. The van der Waals surface area contributed by atoms with Crippen LogP contribution in [0, 0.1) is 5.92 Å². The molecule has 37 heavy (non-hydrogen) atoms. The second-order valence-corrected chi connectivity index (χ2v) is 11.3. The van der Waals surface area contributed by atoms with Gasteiger partial charge < -0.3 is 21.3 Å². The second-order valence-electron chi connectivity index (χ2n) is 9.52. The van der Waals surface area contributed by atoms with Gasteiger partial charge in [0.1, 0.15) is 0 Å². The maximum absolute atomic E-state index is 13.3. The van der Waals surface area contributed by atoms with Crippen molar-refractivity contribution in [3.05, 3.63) is 95.6 Å². The minimum Gasteiger partial charge on any atom is -0.399 e. The van der Waals surface area contributed by atoms with Crippen LogP contribution in [0.5, 0.6) is 0 Å². The molecule has 1 amide bonds. The molecule has 3 aromatic carbocycles. The van der Waals surface area contributed by atoms with Crippen LogP contribution in [-0.2, 0) is 27.7 Å². The van der Waals surface area contributed by atoms with Crippen LogP contribution >= 0.6 is 0 Å². The number of hydrogen-bond donors (Lipinski definition) is 5. The molecule has 0 heterocycles. The molecule has 3 aromatic rings. The van der Waals surface area contributed by atoms with E-state index in [2.05, 4.69) is 10.0 Å². The van der Waals surface area contributed by atoms with E-state index < -0.39 is 28.1 Å². The maximum atomic E-state index is 13.3. The molecule has 8 nitrogen and oxygen atoms in total. The number of aliphatic hydroxyl groups is 2. The molecule has 1 aliphatic carbocycles. The molecule has 0 radical (unpaired) electrons. The molecule has 0 bridgehead atoms. The van der Waals surface area contributed by atoms with Crippen molar-refractivity contribution in [2.45, 2.75) is 42.3 Å². The Kier molecular flexibility index (Phi) is 8.60. The van der Waals surface area contributed by atoms with Crippen LogP contribution < -0.4 is 15.8 Å². The van der Waals surface area contributed by atoms with E-state index in [1.54, 1.807) is 0 Å². The lowest BCUT2D eigenvalue weighted by molar-refractivity contribution is -0.126. The van der Waals surface area contributed by atoms with E-state index in [0.29, 0.717) is 18.5 Å². The minimum atomic E-state index is -3.84. The van der Waals surface area contributed by atoms with Gasteiger partial charge in [-0.2, -0.15) is 0 Å². The number of nitrogens with two attached hydrogens (primary N) is 1. The van der Waals surface area contributed by atoms with Gasteiger partial charge in [-0.1, -0.05) is 54.6 Å². The summed E-state index contributed by atoms with van der Waals surface area (Å²) in [5.74, 6) is -1.04. The Balaban J connectivity index is 1.40. The van der Waals surface area contributed by atoms with E-state index >= 15 is 0 Å². The van der Waals surface area contributed by atoms with Crippen molar-refractivity contribution >= 4 is 21.6 Å². The quantitative estimate of drug-likeness (QED) is 0.243. The SMILES string of the molecule is Nc1ccc(S(=O)(=O)NC[C@@H](O)C[C@@H](Cc2ccccc2)C(=O)NC[C@H]2c3ccccc3C[C@H]2O)cc1. The highest BCUT2D eigenvalue weighted by atomic mass is 32.2. The first-order valence-electron chi connectivity index (χ1n) is 12.3. The number of hydrogen-bond acceptors (Lipinski definition) is 6. The third kappa shape index (κ3) is 6.95. The number of nitrogens with one attached hydrogen (secondary N) is 2. The summed E-state index contributed by atoms with van der Waals surface area (Å²) < 4.78 is 27.6. The number of aliphatic hydroxyl groups excluding tert-OH is 2. The fraction of sp³-hybridized carbons (Fsp3) is 0.321. The molecule has 6 N–H and O–H groups in total. The summed E-state index contributed by atoms with van der Waals surface area (Å²) in [5.41, 5.74) is 9.12. The number of carbonyl (C=O) groups is 1. The second kappa shape index (κ2) is 11.9. The molecule has 0 spiro atoms. The third-order valence-electron chi connectivity index (χ3n) is 6.80. The minimum absolute atomic E-state index is 0.0443. The number of rotatable bonds is 11. The summed E-state index contributed by atoms with van der Waals surface area (Å²) in [6.07, 6.45) is -0.649. The largest absolute Gasteiger partial charge is 0.399 e. The molecule has 9 heteroatoms. The number of anilines is 1. The lowest BCUT2D eigenvalue weighted by Crippen LogP contribution is -2.40. The zero-order chi connectivity index (χ0) is 26.4. The zero-order valence-corrected chi connectivity index (χ0v) is 21.3. The summed E-state index contributed by atoms with van der Waals surface area (Å²) in [6, 6.07) is 23.1. The summed E-state index contributed by atoms with van der Waals surface area (Å²) in [4.78, 5) is 13.3. The lowest BCUT2D eigenvalue weighted by Gasteiger charge is -2.23. The van der Waals surface area contributed by atoms with E-state index in [4.69, 9.17) is 5.73 Å². The summed E-state index contributed by atoms with van der Waals surface area (Å²) in [5, 5.41) is 24.2. The lowest BCUT2D eigenvalue weighted by atomic mass is 9.92. The standard InChI is InChI=1S/C28H33N3O5S/c29-22-10-12-24(13-11-22)37(35,36)31-17-23(32)15-21(14-19-6-2-1-3-7-19)28(34)30-18-26-25-9-5-4-8-20(25)16-27(26)33/h1-13,21,23,26-27,31-33H,14-18,29H2,(H,30,34)/t21-,23+,26+,27-/m1/s1. The van der Waals surface area contributed by atoms with Crippen LogP contribution in [0.3, 0.4) is 0 Å². The average Bonchev–Trinajstić information content (AvgIpc) is 3.21. The van der Waals surface area contributed by atoms with Crippen molar-refractivity contribution in [1.82, 2.24) is 10.0 Å². The van der Waals surface area contributed by atoms with Crippen molar-refractivity contribution in [3.63, 3.8) is 0 Å². The monoisotopic (exact) mass is 523 g/mol. The first kappa shape index (κ1) is 26.8. The van der Waals surface area contributed by atoms with Crippen molar-refractivity contribution in [2.75, 3.05) is 18.8 Å². The van der Waals surface area contributed by atoms with E-state index in [1.165, 1.54) is 24.3 Å². The molecular formula is C28H33N3O5S. The summed E-state index contributed by atoms with van der Waals surface area (Å²) in [6.45, 7) is 0.0438. The Bertz CT molecular complexity index is 1300. The van der Waals surface area contributed by atoms with E-state index in [9.17, 15) is 23.4 Å². The van der Waals surface area contributed by atoms with Gasteiger partial charge in [0, 0.05) is 30.6 Å². The summed E-state index contributed by atoms with van der Waals surface area (Å²) >= 11 is 0. The number of sulfonamides is 1. The average molecular weight is 524 g/mol. The molecule has 0 aromatic heterocycles. The topological polar surface area (TPSA) is 142 Å².